The zero-order valence-corrected chi connectivity index (χ0v) is 7.69. The summed E-state index contributed by atoms with van der Waals surface area (Å²) in [6, 6.07) is 0.108. The Morgan fingerprint density at radius 2 is 2.38 bits per heavy atom. The SMILES string of the molecule is C=CC1C(n2nn[nH]c2=O)C1(C)C. The highest BCUT2D eigenvalue weighted by Gasteiger charge is 2.58. The van der Waals surface area contributed by atoms with Gasteiger partial charge in [0.25, 0.3) is 0 Å². The summed E-state index contributed by atoms with van der Waals surface area (Å²) in [4.78, 5) is 11.2. The number of tetrazole rings is 1. The molecule has 70 valence electrons. The summed E-state index contributed by atoms with van der Waals surface area (Å²) in [5.41, 5.74) is -0.176. The summed E-state index contributed by atoms with van der Waals surface area (Å²) >= 11 is 0. The van der Waals surface area contributed by atoms with Crippen LogP contribution in [0.2, 0.25) is 0 Å². The third kappa shape index (κ3) is 0.961. The van der Waals surface area contributed by atoms with Crippen LogP contribution in [0.4, 0.5) is 0 Å². The van der Waals surface area contributed by atoms with Crippen molar-refractivity contribution in [3.8, 4) is 0 Å². The lowest BCUT2D eigenvalue weighted by molar-refractivity contribution is 0.484. The summed E-state index contributed by atoms with van der Waals surface area (Å²) in [5, 5.41) is 9.47. The number of allylic oxidation sites excluding steroid dienone is 1. The van der Waals surface area contributed by atoms with Crippen LogP contribution in [0.3, 0.4) is 0 Å². The maximum atomic E-state index is 11.2. The molecule has 1 aliphatic carbocycles. The molecule has 0 saturated heterocycles. The molecule has 0 radical (unpaired) electrons. The van der Waals surface area contributed by atoms with Crippen molar-refractivity contribution in [1.82, 2.24) is 20.2 Å². The van der Waals surface area contributed by atoms with Gasteiger partial charge in [-0.25, -0.2) is 9.89 Å². The molecule has 0 aliphatic heterocycles. The maximum Gasteiger partial charge on any atom is 0.361 e. The second-order valence-electron chi connectivity index (χ2n) is 3.98. The van der Waals surface area contributed by atoms with Crippen molar-refractivity contribution >= 4 is 0 Å². The fraction of sp³-hybridized carbons (Fsp3) is 0.625. The molecule has 1 fully saturated rings. The lowest BCUT2D eigenvalue weighted by Gasteiger charge is -1.98. The Bertz CT molecular complexity index is 389. The van der Waals surface area contributed by atoms with Crippen LogP contribution in [-0.2, 0) is 0 Å². The van der Waals surface area contributed by atoms with Gasteiger partial charge in [-0.05, 0) is 15.8 Å². The molecular weight excluding hydrogens is 168 g/mol. The Morgan fingerprint density at radius 3 is 2.77 bits per heavy atom. The maximum absolute atomic E-state index is 11.2. The summed E-state index contributed by atoms with van der Waals surface area (Å²) < 4.78 is 1.40. The van der Waals surface area contributed by atoms with Gasteiger partial charge in [-0.1, -0.05) is 19.9 Å². The molecule has 5 heteroatoms. The first kappa shape index (κ1) is 8.22. The molecular formula is C8H12N4O. The molecule has 0 bridgehead atoms. The Balaban J connectivity index is 2.37. The van der Waals surface area contributed by atoms with Gasteiger partial charge in [0.15, 0.2) is 0 Å². The number of aromatic amines is 1. The number of nitrogens with zero attached hydrogens (tertiary/aromatic N) is 3. The first-order valence-corrected chi connectivity index (χ1v) is 4.21. The Hall–Kier alpha value is -1.39. The third-order valence-corrected chi connectivity index (χ3v) is 2.86. The molecule has 5 nitrogen and oxygen atoms in total. The van der Waals surface area contributed by atoms with E-state index in [1.165, 1.54) is 4.68 Å². The van der Waals surface area contributed by atoms with Crippen LogP contribution < -0.4 is 5.69 Å². The van der Waals surface area contributed by atoms with E-state index in [-0.39, 0.29) is 17.1 Å². The predicted molar refractivity (Wildman–Crippen MR) is 47.1 cm³/mol. The second-order valence-corrected chi connectivity index (χ2v) is 3.98. The highest BCUT2D eigenvalue weighted by molar-refractivity contribution is 5.14. The van der Waals surface area contributed by atoms with Gasteiger partial charge < -0.3 is 0 Å². The molecule has 1 saturated carbocycles. The van der Waals surface area contributed by atoms with Crippen LogP contribution in [0.15, 0.2) is 17.4 Å². The Morgan fingerprint density at radius 1 is 1.69 bits per heavy atom. The minimum atomic E-state index is -0.248. The molecule has 0 amide bonds. The van der Waals surface area contributed by atoms with Crippen molar-refractivity contribution < 1.29 is 0 Å². The van der Waals surface area contributed by atoms with Crippen molar-refractivity contribution in [1.29, 1.82) is 0 Å². The average Bonchev–Trinajstić information content (AvgIpc) is 2.41. The highest BCUT2D eigenvalue weighted by atomic mass is 16.2. The van der Waals surface area contributed by atoms with E-state index in [0.717, 1.165) is 0 Å². The van der Waals surface area contributed by atoms with E-state index >= 15 is 0 Å². The van der Waals surface area contributed by atoms with E-state index in [9.17, 15) is 4.79 Å². The van der Waals surface area contributed by atoms with Crippen LogP contribution in [0, 0.1) is 11.3 Å². The molecule has 0 spiro atoms. The molecule has 1 aromatic rings. The Labute approximate surface area is 75.4 Å². The molecule has 13 heavy (non-hydrogen) atoms. The van der Waals surface area contributed by atoms with Gasteiger partial charge in [-0.3, -0.25) is 0 Å². The van der Waals surface area contributed by atoms with Gasteiger partial charge in [-0.15, -0.1) is 6.58 Å². The molecule has 2 unspecified atom stereocenters. The molecule has 0 aromatic carbocycles. The number of H-pyrrole nitrogens is 1. The summed E-state index contributed by atoms with van der Waals surface area (Å²) in [6.07, 6.45) is 1.87. The van der Waals surface area contributed by atoms with E-state index in [1.807, 2.05) is 6.08 Å². The van der Waals surface area contributed by atoms with E-state index in [1.54, 1.807) is 0 Å². The summed E-state index contributed by atoms with van der Waals surface area (Å²) in [7, 11) is 0. The van der Waals surface area contributed by atoms with E-state index in [2.05, 4.69) is 36.0 Å². The summed E-state index contributed by atoms with van der Waals surface area (Å²) in [5.74, 6) is 0.315. The Kier molecular flexibility index (Phi) is 1.46. The smallest absolute Gasteiger partial charge is 0.245 e. The molecule has 1 N–H and O–H groups in total. The van der Waals surface area contributed by atoms with Gasteiger partial charge in [-0.2, -0.15) is 4.68 Å². The predicted octanol–water partition coefficient (Wildman–Crippen LogP) is 0.349. The van der Waals surface area contributed by atoms with Crippen molar-refractivity contribution in [2.24, 2.45) is 11.3 Å². The quantitative estimate of drug-likeness (QED) is 0.668. The molecule has 2 atom stereocenters. The van der Waals surface area contributed by atoms with Gasteiger partial charge in [0, 0.05) is 5.92 Å². The van der Waals surface area contributed by atoms with Crippen molar-refractivity contribution in [3.63, 3.8) is 0 Å². The lowest BCUT2D eigenvalue weighted by Crippen LogP contribution is -2.19. The number of nitrogens with one attached hydrogen (secondary N) is 1. The van der Waals surface area contributed by atoms with Crippen LogP contribution in [0.5, 0.6) is 0 Å². The van der Waals surface area contributed by atoms with Crippen LogP contribution in [0.25, 0.3) is 0 Å². The van der Waals surface area contributed by atoms with Crippen LogP contribution in [-0.4, -0.2) is 20.2 Å². The second kappa shape index (κ2) is 2.31. The monoisotopic (exact) mass is 180 g/mol. The average molecular weight is 180 g/mol. The zero-order chi connectivity index (χ0) is 9.64. The normalized spacial score (nSPS) is 30.0. The molecule has 2 rings (SSSR count). The van der Waals surface area contributed by atoms with Gasteiger partial charge in [0.05, 0.1) is 6.04 Å². The van der Waals surface area contributed by atoms with Gasteiger partial charge >= 0.3 is 5.69 Å². The fourth-order valence-electron chi connectivity index (χ4n) is 1.94. The highest BCUT2D eigenvalue weighted by Crippen LogP contribution is 2.61. The fourth-order valence-corrected chi connectivity index (χ4v) is 1.94. The van der Waals surface area contributed by atoms with Crippen LogP contribution >= 0.6 is 0 Å². The molecule has 1 aromatic heterocycles. The lowest BCUT2D eigenvalue weighted by atomic mass is 10.1. The van der Waals surface area contributed by atoms with E-state index in [4.69, 9.17) is 0 Å². The number of aromatic nitrogens is 4. The molecule has 1 heterocycles. The third-order valence-electron chi connectivity index (χ3n) is 2.86. The number of hydrogen-bond acceptors (Lipinski definition) is 3. The minimum absolute atomic E-state index is 0.0719. The summed E-state index contributed by atoms with van der Waals surface area (Å²) in [6.45, 7) is 7.91. The topological polar surface area (TPSA) is 63.6 Å². The number of hydrogen-bond donors (Lipinski definition) is 1. The van der Waals surface area contributed by atoms with Crippen molar-refractivity contribution in [2.75, 3.05) is 0 Å². The van der Waals surface area contributed by atoms with Crippen molar-refractivity contribution in [2.45, 2.75) is 19.9 Å². The number of rotatable bonds is 2. The van der Waals surface area contributed by atoms with Crippen molar-refractivity contribution in [3.05, 3.63) is 23.1 Å². The van der Waals surface area contributed by atoms with Crippen LogP contribution in [0.1, 0.15) is 19.9 Å². The minimum Gasteiger partial charge on any atom is -0.245 e. The van der Waals surface area contributed by atoms with E-state index < -0.39 is 0 Å². The first-order chi connectivity index (χ1) is 6.09. The van der Waals surface area contributed by atoms with E-state index in [0.29, 0.717) is 5.92 Å². The standard InChI is InChI=1S/C8H12N4O/c1-4-5-6(8(5,2)3)12-7(13)9-10-11-12/h4-6H,1H2,2-3H3,(H,9,11,13). The largest absolute Gasteiger partial charge is 0.361 e. The van der Waals surface area contributed by atoms with Gasteiger partial charge in [0.1, 0.15) is 0 Å². The van der Waals surface area contributed by atoms with Gasteiger partial charge in [0.2, 0.25) is 0 Å². The first-order valence-electron chi connectivity index (χ1n) is 4.21. The molecule has 1 aliphatic rings. The zero-order valence-electron chi connectivity index (χ0n) is 7.69.